The topological polar surface area (TPSA) is 64.3 Å². The lowest BCUT2D eigenvalue weighted by molar-refractivity contribution is 0.0698. The zero-order valence-electron chi connectivity index (χ0n) is 11.8. The van der Waals surface area contributed by atoms with Crippen LogP contribution in [-0.2, 0) is 11.3 Å². The average molecular weight is 286 g/mol. The molecule has 1 N–H and O–H groups in total. The predicted molar refractivity (Wildman–Crippen MR) is 77.6 cm³/mol. The molecule has 1 saturated carbocycles. The van der Waals surface area contributed by atoms with Crippen LogP contribution in [0.3, 0.4) is 0 Å². The Balaban J connectivity index is 1.86. The van der Waals surface area contributed by atoms with E-state index in [9.17, 15) is 9.90 Å². The lowest BCUT2D eigenvalue weighted by atomic mass is 10.1. The third kappa shape index (κ3) is 2.21. The maximum Gasteiger partial charge on any atom is 0.337 e. The lowest BCUT2D eigenvalue weighted by Crippen LogP contribution is -2.14. The van der Waals surface area contributed by atoms with Gasteiger partial charge in [-0.2, -0.15) is 0 Å². The Morgan fingerprint density at radius 2 is 2.24 bits per heavy atom. The lowest BCUT2D eigenvalue weighted by Gasteiger charge is -2.14. The molecule has 5 heteroatoms. The molecule has 2 fully saturated rings. The van der Waals surface area contributed by atoms with Crippen LogP contribution in [-0.4, -0.2) is 33.8 Å². The number of rotatable bonds is 4. The fourth-order valence-electron chi connectivity index (χ4n) is 3.20. The predicted octanol–water partition coefficient (Wildman–Crippen LogP) is 2.65. The van der Waals surface area contributed by atoms with E-state index >= 15 is 0 Å². The van der Waals surface area contributed by atoms with Crippen LogP contribution in [0.25, 0.3) is 11.0 Å². The number of fused-ring (bicyclic) bond motifs is 1. The van der Waals surface area contributed by atoms with Crippen LogP contribution in [0.2, 0.25) is 0 Å². The maximum atomic E-state index is 11.5. The smallest absolute Gasteiger partial charge is 0.337 e. The Hall–Kier alpha value is -1.88. The quantitative estimate of drug-likeness (QED) is 0.938. The summed E-state index contributed by atoms with van der Waals surface area (Å²) >= 11 is 0. The first-order chi connectivity index (χ1) is 10.2. The fraction of sp³-hybridized carbons (Fsp3) is 0.500. The Bertz CT molecular complexity index is 697. The molecule has 0 amide bonds. The number of ether oxygens (including phenoxy) is 1. The van der Waals surface area contributed by atoms with Gasteiger partial charge in [-0.15, -0.1) is 0 Å². The van der Waals surface area contributed by atoms with E-state index in [2.05, 4.69) is 4.57 Å². The van der Waals surface area contributed by atoms with E-state index in [1.807, 2.05) is 6.07 Å². The summed E-state index contributed by atoms with van der Waals surface area (Å²) in [5.41, 5.74) is 1.93. The van der Waals surface area contributed by atoms with Crippen molar-refractivity contribution < 1.29 is 14.6 Å². The number of para-hydroxylation sites is 1. The zero-order valence-corrected chi connectivity index (χ0v) is 11.8. The molecule has 1 unspecified atom stereocenters. The summed E-state index contributed by atoms with van der Waals surface area (Å²) in [6, 6.07) is 5.36. The van der Waals surface area contributed by atoms with Crippen LogP contribution >= 0.6 is 0 Å². The number of nitrogens with zero attached hydrogens (tertiary/aromatic N) is 2. The number of benzene rings is 1. The third-order valence-electron chi connectivity index (χ3n) is 4.43. The van der Waals surface area contributed by atoms with E-state index < -0.39 is 5.97 Å². The molecule has 2 aromatic rings. The molecule has 1 aliphatic carbocycles. The highest BCUT2D eigenvalue weighted by atomic mass is 16.5. The molecule has 2 heterocycles. The van der Waals surface area contributed by atoms with E-state index in [4.69, 9.17) is 9.72 Å². The van der Waals surface area contributed by atoms with Crippen molar-refractivity contribution in [2.75, 3.05) is 13.2 Å². The highest BCUT2D eigenvalue weighted by molar-refractivity contribution is 6.01. The summed E-state index contributed by atoms with van der Waals surface area (Å²) in [5, 5.41) is 9.47. The molecule has 110 valence electrons. The number of carbonyl (C=O) groups is 1. The van der Waals surface area contributed by atoms with E-state index in [0.29, 0.717) is 17.4 Å². The second-order valence-corrected chi connectivity index (χ2v) is 6.06. The van der Waals surface area contributed by atoms with Crippen LogP contribution in [0.4, 0.5) is 0 Å². The summed E-state index contributed by atoms with van der Waals surface area (Å²) in [4.78, 5) is 16.3. The Morgan fingerprint density at radius 3 is 2.90 bits per heavy atom. The van der Waals surface area contributed by atoms with Crippen molar-refractivity contribution in [2.45, 2.75) is 31.7 Å². The van der Waals surface area contributed by atoms with Crippen molar-refractivity contribution in [2.24, 2.45) is 5.92 Å². The van der Waals surface area contributed by atoms with Gasteiger partial charge in [0.2, 0.25) is 0 Å². The van der Waals surface area contributed by atoms with Gasteiger partial charge in [0.15, 0.2) is 0 Å². The Morgan fingerprint density at radius 1 is 1.38 bits per heavy atom. The molecular weight excluding hydrogens is 268 g/mol. The van der Waals surface area contributed by atoms with Crippen molar-refractivity contribution in [3.05, 3.63) is 29.6 Å². The molecule has 0 spiro atoms. The van der Waals surface area contributed by atoms with E-state index in [-0.39, 0.29) is 0 Å². The molecular formula is C16H18N2O3. The minimum Gasteiger partial charge on any atom is -0.478 e. The molecule has 1 aromatic carbocycles. The monoisotopic (exact) mass is 286 g/mol. The summed E-state index contributed by atoms with van der Waals surface area (Å²) in [7, 11) is 0. The summed E-state index contributed by atoms with van der Waals surface area (Å²) < 4.78 is 7.61. The molecule has 1 aliphatic heterocycles. The number of hydrogen-bond donors (Lipinski definition) is 1. The molecule has 0 bridgehead atoms. The first-order valence-electron chi connectivity index (χ1n) is 7.54. The first-order valence-corrected chi connectivity index (χ1v) is 7.54. The van der Waals surface area contributed by atoms with E-state index in [1.165, 1.54) is 0 Å². The highest BCUT2D eigenvalue weighted by Crippen LogP contribution is 2.41. The normalized spacial score (nSPS) is 22.0. The molecule has 5 nitrogen and oxygen atoms in total. The van der Waals surface area contributed by atoms with Gasteiger partial charge in [-0.1, -0.05) is 6.07 Å². The standard InChI is InChI=1S/C16H18N2O3/c19-16(20)12-2-1-3-13-14(12)18(8-10-6-7-21-9-10)15(17-13)11-4-5-11/h1-3,10-11H,4-9H2,(H,19,20). The largest absolute Gasteiger partial charge is 0.478 e. The van der Waals surface area contributed by atoms with Gasteiger partial charge in [0.05, 0.1) is 23.2 Å². The van der Waals surface area contributed by atoms with Gasteiger partial charge < -0.3 is 14.4 Å². The molecule has 1 aromatic heterocycles. The van der Waals surface area contributed by atoms with Gasteiger partial charge in [0, 0.05) is 25.0 Å². The van der Waals surface area contributed by atoms with Crippen molar-refractivity contribution in [1.82, 2.24) is 9.55 Å². The van der Waals surface area contributed by atoms with Crippen LogP contribution in [0, 0.1) is 5.92 Å². The average Bonchev–Trinajstić information content (AvgIpc) is 3.07. The van der Waals surface area contributed by atoms with E-state index in [1.54, 1.807) is 12.1 Å². The van der Waals surface area contributed by atoms with Crippen molar-refractivity contribution in [3.63, 3.8) is 0 Å². The number of carboxylic acids is 1. The third-order valence-corrected chi connectivity index (χ3v) is 4.43. The van der Waals surface area contributed by atoms with Gasteiger partial charge in [0.25, 0.3) is 0 Å². The van der Waals surface area contributed by atoms with Gasteiger partial charge in [-0.3, -0.25) is 0 Å². The van der Waals surface area contributed by atoms with E-state index in [0.717, 1.165) is 55.9 Å². The molecule has 21 heavy (non-hydrogen) atoms. The van der Waals surface area contributed by atoms with Crippen LogP contribution < -0.4 is 0 Å². The molecule has 2 aliphatic rings. The van der Waals surface area contributed by atoms with Crippen molar-refractivity contribution in [3.8, 4) is 0 Å². The highest BCUT2D eigenvalue weighted by Gasteiger charge is 2.32. The Labute approximate surface area is 122 Å². The fourth-order valence-corrected chi connectivity index (χ4v) is 3.20. The minimum atomic E-state index is -0.883. The van der Waals surface area contributed by atoms with Gasteiger partial charge in [0.1, 0.15) is 5.82 Å². The maximum absolute atomic E-state index is 11.5. The molecule has 0 radical (unpaired) electrons. The van der Waals surface area contributed by atoms with Gasteiger partial charge in [-0.05, 0) is 31.4 Å². The number of hydrogen-bond acceptors (Lipinski definition) is 3. The summed E-state index contributed by atoms with van der Waals surface area (Å²) in [6.45, 7) is 2.38. The number of imidazole rings is 1. The SMILES string of the molecule is O=C(O)c1cccc2nc(C3CC3)n(CC3CCOC3)c12. The van der Waals surface area contributed by atoms with Crippen LogP contribution in [0.1, 0.15) is 41.4 Å². The number of aromatic carboxylic acids is 1. The van der Waals surface area contributed by atoms with Gasteiger partial charge >= 0.3 is 5.97 Å². The van der Waals surface area contributed by atoms with Crippen LogP contribution in [0.15, 0.2) is 18.2 Å². The number of carboxylic acid groups (broad SMARTS) is 1. The number of aromatic nitrogens is 2. The zero-order chi connectivity index (χ0) is 14.4. The summed E-state index contributed by atoms with van der Waals surface area (Å²) in [5.74, 6) is 1.14. The first kappa shape index (κ1) is 12.8. The molecule has 1 saturated heterocycles. The van der Waals surface area contributed by atoms with Crippen molar-refractivity contribution >= 4 is 17.0 Å². The molecule has 4 rings (SSSR count). The summed E-state index contributed by atoms with van der Waals surface area (Å²) in [6.07, 6.45) is 3.36. The minimum absolute atomic E-state index is 0.353. The van der Waals surface area contributed by atoms with Gasteiger partial charge in [-0.25, -0.2) is 9.78 Å². The van der Waals surface area contributed by atoms with Crippen LogP contribution in [0.5, 0.6) is 0 Å². The van der Waals surface area contributed by atoms with Crippen molar-refractivity contribution in [1.29, 1.82) is 0 Å². The Kier molecular flexibility index (Phi) is 2.96. The second-order valence-electron chi connectivity index (χ2n) is 6.06. The molecule has 1 atom stereocenters. The second kappa shape index (κ2) is 4.84.